The second-order valence-electron chi connectivity index (χ2n) is 6.15. The van der Waals surface area contributed by atoms with Gasteiger partial charge in [-0.25, -0.2) is 4.99 Å². The quantitative estimate of drug-likeness (QED) is 0.615. The van der Waals surface area contributed by atoms with Gasteiger partial charge in [-0.05, 0) is 30.0 Å². The van der Waals surface area contributed by atoms with Crippen LogP contribution in [0.3, 0.4) is 0 Å². The standard InChI is InChI=1S/C22H24N2O5S/c1-6-30-22-23-17(21(25)24(22)15-8-7-9-16(12-15)26-2)10-14-11-19(28-4)20(29-5)13-18(14)27-3/h7-13H,6H2,1-5H3/b17-10-. The van der Waals surface area contributed by atoms with E-state index in [9.17, 15) is 4.79 Å². The highest BCUT2D eigenvalue weighted by Gasteiger charge is 2.32. The molecule has 2 aromatic rings. The molecular formula is C22H24N2O5S. The van der Waals surface area contributed by atoms with Crippen molar-refractivity contribution >= 4 is 34.6 Å². The Balaban J connectivity index is 2.06. The van der Waals surface area contributed by atoms with Gasteiger partial charge in [0.2, 0.25) is 0 Å². The lowest BCUT2D eigenvalue weighted by atomic mass is 10.1. The smallest absolute Gasteiger partial charge is 0.283 e. The van der Waals surface area contributed by atoms with Crippen LogP contribution in [0.1, 0.15) is 12.5 Å². The Hall–Kier alpha value is -3.13. The molecule has 158 valence electrons. The lowest BCUT2D eigenvalue weighted by molar-refractivity contribution is -0.113. The Labute approximate surface area is 180 Å². The first kappa shape index (κ1) is 21.6. The van der Waals surface area contributed by atoms with Gasteiger partial charge in [-0.2, -0.15) is 0 Å². The van der Waals surface area contributed by atoms with Crippen molar-refractivity contribution in [3.63, 3.8) is 0 Å². The van der Waals surface area contributed by atoms with E-state index in [1.807, 2.05) is 31.2 Å². The highest BCUT2D eigenvalue weighted by atomic mass is 32.2. The molecule has 1 aliphatic heterocycles. The van der Waals surface area contributed by atoms with E-state index in [2.05, 4.69) is 4.99 Å². The summed E-state index contributed by atoms with van der Waals surface area (Å²) in [4.78, 5) is 19.4. The molecular weight excluding hydrogens is 404 g/mol. The highest BCUT2D eigenvalue weighted by Crippen LogP contribution is 2.37. The van der Waals surface area contributed by atoms with Crippen molar-refractivity contribution in [3.8, 4) is 23.0 Å². The predicted octanol–water partition coefficient (Wildman–Crippen LogP) is 4.22. The molecule has 7 nitrogen and oxygen atoms in total. The van der Waals surface area contributed by atoms with Crippen LogP contribution < -0.4 is 23.8 Å². The number of amidine groups is 1. The molecule has 2 aromatic carbocycles. The van der Waals surface area contributed by atoms with Crippen LogP contribution in [-0.4, -0.2) is 45.3 Å². The molecule has 0 saturated heterocycles. The second-order valence-corrected chi connectivity index (χ2v) is 7.38. The molecule has 8 heteroatoms. The summed E-state index contributed by atoms with van der Waals surface area (Å²) in [5.41, 5.74) is 1.66. The molecule has 1 heterocycles. The summed E-state index contributed by atoms with van der Waals surface area (Å²) in [6.45, 7) is 2.01. The van der Waals surface area contributed by atoms with Gasteiger partial charge in [-0.1, -0.05) is 24.8 Å². The third-order valence-electron chi connectivity index (χ3n) is 4.44. The van der Waals surface area contributed by atoms with Gasteiger partial charge < -0.3 is 18.9 Å². The van der Waals surface area contributed by atoms with E-state index in [1.54, 1.807) is 51.5 Å². The summed E-state index contributed by atoms with van der Waals surface area (Å²) in [5.74, 6) is 2.84. The number of anilines is 1. The van der Waals surface area contributed by atoms with Gasteiger partial charge in [0, 0.05) is 17.7 Å². The molecule has 0 aliphatic carbocycles. The number of hydrogen-bond acceptors (Lipinski definition) is 7. The van der Waals surface area contributed by atoms with Gasteiger partial charge in [0.1, 0.15) is 17.2 Å². The van der Waals surface area contributed by atoms with Crippen LogP contribution in [0.25, 0.3) is 6.08 Å². The van der Waals surface area contributed by atoms with Crippen LogP contribution in [0.2, 0.25) is 0 Å². The zero-order valence-corrected chi connectivity index (χ0v) is 18.4. The first-order chi connectivity index (χ1) is 14.6. The number of benzene rings is 2. The van der Waals surface area contributed by atoms with Crippen LogP contribution in [0.5, 0.6) is 23.0 Å². The van der Waals surface area contributed by atoms with E-state index in [-0.39, 0.29) is 5.91 Å². The van der Waals surface area contributed by atoms with Gasteiger partial charge in [0.25, 0.3) is 5.91 Å². The van der Waals surface area contributed by atoms with Crippen LogP contribution in [0.4, 0.5) is 5.69 Å². The third-order valence-corrected chi connectivity index (χ3v) is 5.26. The van der Waals surface area contributed by atoms with E-state index < -0.39 is 0 Å². The average Bonchev–Trinajstić information content (AvgIpc) is 3.08. The molecule has 0 N–H and O–H groups in total. The normalized spacial score (nSPS) is 14.7. The summed E-state index contributed by atoms with van der Waals surface area (Å²) in [6.07, 6.45) is 1.69. The fourth-order valence-electron chi connectivity index (χ4n) is 3.01. The summed E-state index contributed by atoms with van der Waals surface area (Å²) in [5, 5.41) is 0.612. The number of carbonyl (C=O) groups is 1. The SMILES string of the molecule is CCSC1=N/C(=C\c2cc(OC)c(OC)cc2OC)C(=O)N1c1cccc(OC)c1. The fraction of sp³-hybridized carbons (Fsp3) is 0.273. The Morgan fingerprint density at radius 3 is 2.30 bits per heavy atom. The van der Waals surface area contributed by atoms with E-state index in [0.29, 0.717) is 45.1 Å². The zero-order chi connectivity index (χ0) is 21.7. The van der Waals surface area contributed by atoms with Crippen molar-refractivity contribution in [3.05, 3.63) is 47.7 Å². The van der Waals surface area contributed by atoms with E-state index in [1.165, 1.54) is 11.8 Å². The first-order valence-electron chi connectivity index (χ1n) is 9.27. The summed E-state index contributed by atoms with van der Waals surface area (Å²) >= 11 is 1.49. The molecule has 0 radical (unpaired) electrons. The molecule has 0 bridgehead atoms. The lowest BCUT2D eigenvalue weighted by Gasteiger charge is -2.18. The number of nitrogens with zero attached hydrogens (tertiary/aromatic N) is 2. The second kappa shape index (κ2) is 9.58. The maximum Gasteiger partial charge on any atom is 0.283 e. The van der Waals surface area contributed by atoms with Gasteiger partial charge in [0.05, 0.1) is 34.1 Å². The highest BCUT2D eigenvalue weighted by molar-refractivity contribution is 8.14. The van der Waals surface area contributed by atoms with Crippen LogP contribution in [0.15, 0.2) is 47.1 Å². The lowest BCUT2D eigenvalue weighted by Crippen LogP contribution is -2.30. The maximum atomic E-state index is 13.3. The number of methoxy groups -OCH3 is 4. The predicted molar refractivity (Wildman–Crippen MR) is 120 cm³/mol. The molecule has 1 aliphatic rings. The molecule has 0 atom stereocenters. The largest absolute Gasteiger partial charge is 0.497 e. The van der Waals surface area contributed by atoms with Crippen molar-refractivity contribution in [2.45, 2.75) is 6.92 Å². The number of ether oxygens (including phenoxy) is 4. The number of hydrogen-bond donors (Lipinski definition) is 0. The van der Waals surface area contributed by atoms with E-state index in [0.717, 1.165) is 5.75 Å². The summed E-state index contributed by atoms with van der Waals surface area (Å²) in [7, 11) is 6.26. The van der Waals surface area contributed by atoms with Crippen LogP contribution in [0, 0.1) is 0 Å². The molecule has 0 spiro atoms. The van der Waals surface area contributed by atoms with Crippen molar-refractivity contribution < 1.29 is 23.7 Å². The Kier molecular flexibility index (Phi) is 6.89. The monoisotopic (exact) mass is 428 g/mol. The minimum atomic E-state index is -0.226. The molecule has 0 unspecified atom stereocenters. The van der Waals surface area contributed by atoms with Gasteiger partial charge >= 0.3 is 0 Å². The molecule has 0 saturated carbocycles. The molecule has 30 heavy (non-hydrogen) atoms. The average molecular weight is 429 g/mol. The van der Waals surface area contributed by atoms with Gasteiger partial charge in [-0.15, -0.1) is 0 Å². The number of rotatable bonds is 7. The molecule has 0 aromatic heterocycles. The van der Waals surface area contributed by atoms with Crippen LogP contribution in [-0.2, 0) is 4.79 Å². The minimum absolute atomic E-state index is 0.226. The third kappa shape index (κ3) is 4.23. The zero-order valence-electron chi connectivity index (χ0n) is 17.6. The first-order valence-corrected chi connectivity index (χ1v) is 10.3. The molecule has 0 fully saturated rings. The van der Waals surface area contributed by atoms with Crippen molar-refractivity contribution in [1.82, 2.24) is 0 Å². The number of carbonyl (C=O) groups excluding carboxylic acids is 1. The van der Waals surface area contributed by atoms with Crippen LogP contribution >= 0.6 is 11.8 Å². The van der Waals surface area contributed by atoms with Gasteiger partial charge in [-0.3, -0.25) is 9.69 Å². The maximum absolute atomic E-state index is 13.3. The summed E-state index contributed by atoms with van der Waals surface area (Å²) in [6, 6.07) is 10.8. The van der Waals surface area contributed by atoms with Gasteiger partial charge in [0.15, 0.2) is 16.7 Å². The Bertz CT molecular complexity index is 1000. The number of aliphatic imine (C=N–C) groups is 1. The van der Waals surface area contributed by atoms with E-state index >= 15 is 0 Å². The topological polar surface area (TPSA) is 69.6 Å². The number of amides is 1. The molecule has 3 rings (SSSR count). The Morgan fingerprint density at radius 2 is 1.67 bits per heavy atom. The Morgan fingerprint density at radius 1 is 0.967 bits per heavy atom. The summed E-state index contributed by atoms with van der Waals surface area (Å²) < 4.78 is 21.5. The van der Waals surface area contributed by atoms with E-state index in [4.69, 9.17) is 18.9 Å². The minimum Gasteiger partial charge on any atom is -0.497 e. The van der Waals surface area contributed by atoms with Crippen molar-refractivity contribution in [2.24, 2.45) is 4.99 Å². The van der Waals surface area contributed by atoms with Crippen molar-refractivity contribution in [2.75, 3.05) is 39.1 Å². The molecule has 1 amide bonds. The fourth-order valence-corrected chi connectivity index (χ4v) is 3.75. The number of thioether (sulfide) groups is 1. The van der Waals surface area contributed by atoms with Crippen molar-refractivity contribution in [1.29, 1.82) is 0 Å².